The Morgan fingerprint density at radius 1 is 1.22 bits per heavy atom. The molecule has 4 rings (SSSR count). The second kappa shape index (κ2) is 8.04. The highest BCUT2D eigenvalue weighted by molar-refractivity contribution is 7.18. The molecule has 1 aliphatic rings. The van der Waals surface area contributed by atoms with Gasteiger partial charge in [0, 0.05) is 25.9 Å². The molecule has 142 valence electrons. The second-order valence-corrected chi connectivity index (χ2v) is 7.96. The van der Waals surface area contributed by atoms with Crippen molar-refractivity contribution in [3.05, 3.63) is 45.6 Å². The van der Waals surface area contributed by atoms with E-state index in [2.05, 4.69) is 21.5 Å². The third-order valence-electron chi connectivity index (χ3n) is 4.80. The highest BCUT2D eigenvalue weighted by atomic mass is 32.1. The summed E-state index contributed by atoms with van der Waals surface area (Å²) in [5, 5.41) is 8.32. The summed E-state index contributed by atoms with van der Waals surface area (Å²) in [7, 11) is 0. The van der Waals surface area contributed by atoms with E-state index in [0.717, 1.165) is 54.9 Å². The maximum Gasteiger partial charge on any atom is 0.346 e. The van der Waals surface area contributed by atoms with Crippen LogP contribution in [0.2, 0.25) is 0 Å². The minimum Gasteiger partial charge on any atom is -0.354 e. The molecule has 1 aliphatic heterocycles. The molecule has 2 aromatic heterocycles. The highest BCUT2D eigenvalue weighted by Gasteiger charge is 2.17. The summed E-state index contributed by atoms with van der Waals surface area (Å²) in [6.07, 6.45) is 5.63. The number of rotatable bonds is 6. The van der Waals surface area contributed by atoms with E-state index in [-0.39, 0.29) is 18.1 Å². The van der Waals surface area contributed by atoms with E-state index in [9.17, 15) is 9.59 Å². The number of fused-ring (bicyclic) bond motifs is 2. The molecule has 1 amide bonds. The number of benzene rings is 1. The topological polar surface area (TPSA) is 81.8 Å². The third-order valence-corrected chi connectivity index (χ3v) is 5.90. The van der Waals surface area contributed by atoms with Crippen LogP contribution in [-0.2, 0) is 30.7 Å². The number of aromatic nitrogens is 4. The molecule has 27 heavy (non-hydrogen) atoms. The molecule has 0 aliphatic carbocycles. The van der Waals surface area contributed by atoms with Crippen molar-refractivity contribution >= 4 is 27.5 Å². The highest BCUT2D eigenvalue weighted by Crippen LogP contribution is 2.22. The van der Waals surface area contributed by atoms with Crippen LogP contribution in [0.1, 0.15) is 36.5 Å². The van der Waals surface area contributed by atoms with Crippen molar-refractivity contribution in [3.8, 4) is 0 Å². The molecule has 0 spiro atoms. The van der Waals surface area contributed by atoms with Gasteiger partial charge in [0.1, 0.15) is 12.4 Å². The lowest BCUT2D eigenvalue weighted by Gasteiger charge is -2.04. The first kappa shape index (κ1) is 17.9. The molecule has 1 N–H and O–H groups in total. The lowest BCUT2D eigenvalue weighted by atomic mass is 10.2. The summed E-state index contributed by atoms with van der Waals surface area (Å²) < 4.78 is 4.20. The Hall–Kier alpha value is -2.48. The van der Waals surface area contributed by atoms with Gasteiger partial charge in [-0.1, -0.05) is 18.6 Å². The van der Waals surface area contributed by atoms with Gasteiger partial charge in [-0.3, -0.25) is 9.36 Å². The van der Waals surface area contributed by atoms with Gasteiger partial charge in [0.2, 0.25) is 5.91 Å². The Bertz CT molecular complexity index is 970. The Morgan fingerprint density at radius 2 is 2.11 bits per heavy atom. The minimum absolute atomic E-state index is 0.0139. The average Bonchev–Trinajstić information content (AvgIpc) is 3.11. The van der Waals surface area contributed by atoms with E-state index in [1.165, 1.54) is 9.38 Å². The van der Waals surface area contributed by atoms with Crippen LogP contribution in [0.5, 0.6) is 0 Å². The van der Waals surface area contributed by atoms with E-state index in [4.69, 9.17) is 0 Å². The van der Waals surface area contributed by atoms with Crippen LogP contribution in [-0.4, -0.2) is 31.8 Å². The average molecular weight is 385 g/mol. The number of nitrogens with one attached hydrogen (secondary N) is 1. The number of para-hydroxylation sites is 1. The number of nitrogens with zero attached hydrogens (tertiary/aromatic N) is 4. The molecule has 0 radical (unpaired) electrons. The Kier molecular flexibility index (Phi) is 5.33. The number of carbonyl (C=O) groups is 1. The van der Waals surface area contributed by atoms with Gasteiger partial charge in [0.15, 0.2) is 0 Å². The zero-order valence-electron chi connectivity index (χ0n) is 15.2. The van der Waals surface area contributed by atoms with Crippen molar-refractivity contribution in [1.29, 1.82) is 0 Å². The smallest absolute Gasteiger partial charge is 0.346 e. The van der Waals surface area contributed by atoms with Crippen molar-refractivity contribution in [1.82, 2.24) is 24.6 Å². The Balaban J connectivity index is 1.27. The van der Waals surface area contributed by atoms with Gasteiger partial charge in [-0.15, -0.1) is 11.3 Å². The molecule has 8 heteroatoms. The van der Waals surface area contributed by atoms with E-state index in [1.807, 2.05) is 18.2 Å². The van der Waals surface area contributed by atoms with Crippen molar-refractivity contribution in [2.45, 2.75) is 51.6 Å². The minimum atomic E-state index is -0.172. The normalized spacial score (nSPS) is 14.1. The van der Waals surface area contributed by atoms with Crippen LogP contribution in [0, 0.1) is 0 Å². The summed E-state index contributed by atoms with van der Waals surface area (Å²) in [4.78, 5) is 29.1. The Labute approximate surface area is 161 Å². The largest absolute Gasteiger partial charge is 0.354 e. The third kappa shape index (κ3) is 4.10. The van der Waals surface area contributed by atoms with Gasteiger partial charge in [0.25, 0.3) is 0 Å². The number of hydrogen-bond acceptors (Lipinski definition) is 5. The molecule has 0 saturated carbocycles. The van der Waals surface area contributed by atoms with Crippen LogP contribution in [0.3, 0.4) is 0 Å². The summed E-state index contributed by atoms with van der Waals surface area (Å²) >= 11 is 1.70. The quantitative estimate of drug-likeness (QED) is 0.659. The number of amides is 1. The van der Waals surface area contributed by atoms with Gasteiger partial charge in [-0.05, 0) is 31.4 Å². The standard InChI is InChI=1S/C19H23N5O2S/c25-17(13-24-19(26)23-12-5-1-2-9-16(23)22-24)20-11-6-10-18-21-14-7-3-4-8-15(14)27-18/h3-4,7-8H,1-2,5-6,9-13H2,(H,20,25). The first-order valence-corrected chi connectivity index (χ1v) is 10.3. The second-order valence-electron chi connectivity index (χ2n) is 6.85. The predicted octanol–water partition coefficient (Wildman–Crippen LogP) is 2.13. The molecule has 0 bridgehead atoms. The molecule has 1 aromatic carbocycles. The van der Waals surface area contributed by atoms with E-state index in [1.54, 1.807) is 15.9 Å². The van der Waals surface area contributed by atoms with Crippen LogP contribution >= 0.6 is 11.3 Å². The monoisotopic (exact) mass is 385 g/mol. The molecule has 0 saturated heterocycles. The first-order chi connectivity index (χ1) is 13.2. The van der Waals surface area contributed by atoms with Gasteiger partial charge < -0.3 is 5.32 Å². The molecule has 3 aromatic rings. The number of hydrogen-bond donors (Lipinski definition) is 1. The van der Waals surface area contributed by atoms with Crippen molar-refractivity contribution in [3.63, 3.8) is 0 Å². The van der Waals surface area contributed by atoms with Crippen molar-refractivity contribution in [2.75, 3.05) is 6.54 Å². The molecular formula is C19H23N5O2S. The maximum absolute atomic E-state index is 12.4. The van der Waals surface area contributed by atoms with Crippen LogP contribution in [0.25, 0.3) is 10.2 Å². The maximum atomic E-state index is 12.4. The SMILES string of the molecule is O=C(Cn1nc2n(c1=O)CCCCC2)NCCCc1nc2ccccc2s1. The zero-order valence-corrected chi connectivity index (χ0v) is 16.0. The van der Waals surface area contributed by atoms with E-state index >= 15 is 0 Å². The molecule has 0 unspecified atom stereocenters. The van der Waals surface area contributed by atoms with Crippen LogP contribution in [0.15, 0.2) is 29.1 Å². The number of aryl methyl sites for hydroxylation is 2. The summed E-state index contributed by atoms with van der Waals surface area (Å²) in [5.74, 6) is 0.635. The molecule has 3 heterocycles. The van der Waals surface area contributed by atoms with Crippen LogP contribution < -0.4 is 11.0 Å². The summed E-state index contributed by atoms with van der Waals surface area (Å²) in [6.45, 7) is 1.26. The first-order valence-electron chi connectivity index (χ1n) is 9.48. The van der Waals surface area contributed by atoms with Gasteiger partial charge in [0.05, 0.1) is 15.2 Å². The number of carbonyl (C=O) groups excluding carboxylic acids is 1. The number of thiazole rings is 1. The lowest BCUT2D eigenvalue weighted by molar-refractivity contribution is -0.121. The Morgan fingerprint density at radius 3 is 3.00 bits per heavy atom. The predicted molar refractivity (Wildman–Crippen MR) is 105 cm³/mol. The molecule has 0 atom stereocenters. The molecular weight excluding hydrogens is 362 g/mol. The molecule has 7 nitrogen and oxygen atoms in total. The van der Waals surface area contributed by atoms with Crippen LogP contribution in [0.4, 0.5) is 0 Å². The lowest BCUT2D eigenvalue weighted by Crippen LogP contribution is -2.34. The summed E-state index contributed by atoms with van der Waals surface area (Å²) in [5.41, 5.74) is 0.858. The fourth-order valence-electron chi connectivity index (χ4n) is 3.41. The fraction of sp³-hybridized carbons (Fsp3) is 0.474. The zero-order chi connectivity index (χ0) is 18.6. The van der Waals surface area contributed by atoms with Gasteiger partial charge >= 0.3 is 5.69 Å². The van der Waals surface area contributed by atoms with Gasteiger partial charge in [-0.2, -0.15) is 5.10 Å². The van der Waals surface area contributed by atoms with Gasteiger partial charge in [-0.25, -0.2) is 14.5 Å². The van der Waals surface area contributed by atoms with Crippen molar-refractivity contribution in [2.24, 2.45) is 0 Å². The van der Waals surface area contributed by atoms with E-state index < -0.39 is 0 Å². The van der Waals surface area contributed by atoms with Crippen molar-refractivity contribution < 1.29 is 4.79 Å². The van der Waals surface area contributed by atoms with E-state index in [0.29, 0.717) is 13.1 Å². The summed E-state index contributed by atoms with van der Waals surface area (Å²) in [6, 6.07) is 8.09. The molecule has 0 fully saturated rings. The fourth-order valence-corrected chi connectivity index (χ4v) is 4.42.